The second kappa shape index (κ2) is 2.40. The molecule has 0 fully saturated rings. The minimum atomic E-state index is 0.828. The summed E-state index contributed by atoms with van der Waals surface area (Å²) in [7, 11) is 0. The highest BCUT2D eigenvalue weighted by atomic mass is 14.7. The van der Waals surface area contributed by atoms with Gasteiger partial charge in [0.25, 0.3) is 0 Å². The highest BCUT2D eigenvalue weighted by Crippen LogP contribution is 2.13. The Hall–Kier alpha value is -1.28. The average molecular weight is 147 g/mol. The summed E-state index contributed by atoms with van der Waals surface area (Å²) in [4.78, 5) is 3.28. The largest absolute Gasteiger partial charge is 0.354 e. The zero-order chi connectivity index (χ0) is 7.68. The Balaban J connectivity index is 2.69. The van der Waals surface area contributed by atoms with Gasteiger partial charge in [-0.3, -0.25) is 0 Å². The molecule has 0 aliphatic heterocycles. The summed E-state index contributed by atoms with van der Waals surface area (Å²) in [6.45, 7) is 0.828. The number of H-pyrrole nitrogens is 1. The first kappa shape index (κ1) is 6.43. The maximum Gasteiger partial charge on any atom is 0.115 e. The molecule has 0 amide bonds. The van der Waals surface area contributed by atoms with Gasteiger partial charge in [0.2, 0.25) is 0 Å². The summed E-state index contributed by atoms with van der Waals surface area (Å²) in [6, 6.07) is 10.4. The van der Waals surface area contributed by atoms with Crippen molar-refractivity contribution in [2.24, 2.45) is 0 Å². The van der Waals surface area contributed by atoms with E-state index in [-0.39, 0.29) is 0 Å². The topological polar surface area (TPSA) is 43.4 Å². The van der Waals surface area contributed by atoms with E-state index in [9.17, 15) is 0 Å². The van der Waals surface area contributed by atoms with Gasteiger partial charge in [-0.05, 0) is 17.5 Å². The van der Waals surface area contributed by atoms with E-state index >= 15 is 0 Å². The smallest absolute Gasteiger partial charge is 0.115 e. The molecule has 0 radical (unpaired) electrons. The maximum absolute atomic E-state index is 3.82. The van der Waals surface area contributed by atoms with Gasteiger partial charge >= 0.3 is 0 Å². The summed E-state index contributed by atoms with van der Waals surface area (Å²) >= 11 is 0. The third-order valence-electron chi connectivity index (χ3n) is 1.86. The number of aromatic amines is 1. The predicted molar refractivity (Wildman–Crippen MR) is 44.9 cm³/mol. The number of para-hydroxylation sites is 1. The number of nitrogens with one attached hydrogen (secondary N) is 1. The molecular formula is C9H11N2+. The van der Waals surface area contributed by atoms with Crippen LogP contribution in [0.4, 0.5) is 0 Å². The molecule has 0 bridgehead atoms. The molecule has 4 N–H and O–H groups in total. The monoisotopic (exact) mass is 147 g/mol. The lowest BCUT2D eigenvalue weighted by Gasteiger charge is -1.84. The van der Waals surface area contributed by atoms with Crippen LogP contribution < -0.4 is 5.73 Å². The van der Waals surface area contributed by atoms with Crippen molar-refractivity contribution in [3.05, 3.63) is 36.0 Å². The van der Waals surface area contributed by atoms with Crippen molar-refractivity contribution < 1.29 is 5.73 Å². The van der Waals surface area contributed by atoms with Crippen LogP contribution in [0.3, 0.4) is 0 Å². The summed E-state index contributed by atoms with van der Waals surface area (Å²) < 4.78 is 0. The second-order valence-corrected chi connectivity index (χ2v) is 2.63. The van der Waals surface area contributed by atoms with Gasteiger partial charge in [-0.1, -0.05) is 18.2 Å². The first-order valence-corrected chi connectivity index (χ1v) is 3.76. The molecule has 1 heterocycles. The molecule has 2 rings (SSSR count). The molecule has 56 valence electrons. The van der Waals surface area contributed by atoms with E-state index in [2.05, 4.69) is 28.9 Å². The number of benzene rings is 1. The van der Waals surface area contributed by atoms with Crippen LogP contribution >= 0.6 is 0 Å². The van der Waals surface area contributed by atoms with Gasteiger partial charge in [0.05, 0.1) is 5.69 Å². The molecule has 0 unspecified atom stereocenters. The van der Waals surface area contributed by atoms with Crippen molar-refractivity contribution in [2.45, 2.75) is 6.54 Å². The summed E-state index contributed by atoms with van der Waals surface area (Å²) in [6.07, 6.45) is 0. The minimum absolute atomic E-state index is 0.828. The van der Waals surface area contributed by atoms with Crippen LogP contribution in [0.1, 0.15) is 5.69 Å². The predicted octanol–water partition coefficient (Wildman–Crippen LogP) is 0.910. The first-order valence-electron chi connectivity index (χ1n) is 3.76. The van der Waals surface area contributed by atoms with Gasteiger partial charge in [-0.2, -0.15) is 0 Å². The number of hydrogen-bond acceptors (Lipinski definition) is 0. The molecule has 2 heteroatoms. The van der Waals surface area contributed by atoms with Crippen LogP contribution in [0.5, 0.6) is 0 Å². The second-order valence-electron chi connectivity index (χ2n) is 2.63. The maximum atomic E-state index is 3.82. The molecule has 0 atom stereocenters. The van der Waals surface area contributed by atoms with Crippen molar-refractivity contribution in [1.82, 2.24) is 4.98 Å². The molecule has 1 aromatic heterocycles. The van der Waals surface area contributed by atoms with Gasteiger partial charge in [0.1, 0.15) is 6.54 Å². The molecule has 0 aliphatic rings. The van der Waals surface area contributed by atoms with Crippen LogP contribution in [-0.2, 0) is 6.54 Å². The van der Waals surface area contributed by atoms with Gasteiger partial charge in [-0.15, -0.1) is 0 Å². The molecule has 0 aliphatic carbocycles. The van der Waals surface area contributed by atoms with Gasteiger partial charge in [-0.25, -0.2) is 0 Å². The molecule has 0 spiro atoms. The van der Waals surface area contributed by atoms with E-state index in [4.69, 9.17) is 0 Å². The SMILES string of the molecule is [NH3+]Cc1cc2ccccc2[nH]1. The van der Waals surface area contributed by atoms with Crippen LogP contribution in [0.15, 0.2) is 30.3 Å². The number of hydrogen-bond donors (Lipinski definition) is 2. The van der Waals surface area contributed by atoms with Crippen molar-refractivity contribution >= 4 is 10.9 Å². The van der Waals surface area contributed by atoms with Crippen LogP contribution in [0.2, 0.25) is 0 Å². The number of aromatic nitrogens is 1. The molecule has 2 aromatic rings. The summed E-state index contributed by atoms with van der Waals surface area (Å²) in [5.74, 6) is 0. The van der Waals surface area contributed by atoms with Crippen molar-refractivity contribution in [3.63, 3.8) is 0 Å². The van der Waals surface area contributed by atoms with Crippen molar-refractivity contribution in [3.8, 4) is 0 Å². The Labute approximate surface area is 65.0 Å². The Morgan fingerprint density at radius 3 is 2.82 bits per heavy atom. The molecule has 11 heavy (non-hydrogen) atoms. The minimum Gasteiger partial charge on any atom is -0.354 e. The van der Waals surface area contributed by atoms with Crippen molar-refractivity contribution in [1.29, 1.82) is 0 Å². The Morgan fingerprint density at radius 1 is 1.27 bits per heavy atom. The number of rotatable bonds is 1. The Morgan fingerprint density at radius 2 is 2.09 bits per heavy atom. The van der Waals surface area contributed by atoms with E-state index < -0.39 is 0 Å². The third kappa shape index (κ3) is 1.01. The van der Waals surface area contributed by atoms with E-state index in [1.807, 2.05) is 12.1 Å². The standard InChI is InChI=1S/C9H10N2/c10-6-8-5-7-3-1-2-4-9(7)11-8/h1-5,11H,6,10H2/p+1. The van der Waals surface area contributed by atoms with Gasteiger partial charge in [0.15, 0.2) is 0 Å². The normalized spacial score (nSPS) is 10.6. The first-order chi connectivity index (χ1) is 5.40. The molecule has 0 saturated carbocycles. The fourth-order valence-electron chi connectivity index (χ4n) is 1.27. The summed E-state index contributed by atoms with van der Waals surface area (Å²) in [5.41, 5.74) is 6.22. The van der Waals surface area contributed by atoms with Crippen LogP contribution in [-0.4, -0.2) is 4.98 Å². The van der Waals surface area contributed by atoms with E-state index in [0.717, 1.165) is 6.54 Å². The number of fused-ring (bicyclic) bond motifs is 1. The molecule has 2 nitrogen and oxygen atoms in total. The lowest BCUT2D eigenvalue weighted by atomic mass is 10.2. The summed E-state index contributed by atoms with van der Waals surface area (Å²) in [5, 5.41) is 1.27. The highest BCUT2D eigenvalue weighted by molar-refractivity contribution is 5.80. The number of quaternary nitrogens is 1. The van der Waals surface area contributed by atoms with E-state index in [0.29, 0.717) is 0 Å². The van der Waals surface area contributed by atoms with E-state index in [1.165, 1.54) is 16.6 Å². The molecule has 0 saturated heterocycles. The fraction of sp³-hybridized carbons (Fsp3) is 0.111. The lowest BCUT2D eigenvalue weighted by Crippen LogP contribution is -2.47. The van der Waals surface area contributed by atoms with Gasteiger partial charge in [0, 0.05) is 5.52 Å². The lowest BCUT2D eigenvalue weighted by molar-refractivity contribution is -0.387. The van der Waals surface area contributed by atoms with Crippen LogP contribution in [0, 0.1) is 0 Å². The molecular weight excluding hydrogens is 136 g/mol. The average Bonchev–Trinajstić information content (AvgIpc) is 2.46. The zero-order valence-electron chi connectivity index (χ0n) is 6.30. The van der Waals surface area contributed by atoms with Crippen molar-refractivity contribution in [2.75, 3.05) is 0 Å². The zero-order valence-corrected chi connectivity index (χ0v) is 6.30. The third-order valence-corrected chi connectivity index (χ3v) is 1.86. The quantitative estimate of drug-likeness (QED) is 0.602. The highest BCUT2D eigenvalue weighted by Gasteiger charge is 1.97. The van der Waals surface area contributed by atoms with Gasteiger partial charge < -0.3 is 10.7 Å². The fourth-order valence-corrected chi connectivity index (χ4v) is 1.27. The Bertz CT molecular complexity index is 329. The van der Waals surface area contributed by atoms with Crippen LogP contribution in [0.25, 0.3) is 10.9 Å². The molecule has 1 aromatic carbocycles. The van der Waals surface area contributed by atoms with E-state index in [1.54, 1.807) is 0 Å². The Kier molecular flexibility index (Phi) is 1.40.